The van der Waals surface area contributed by atoms with E-state index in [9.17, 15) is 0 Å². The highest BCUT2D eigenvalue weighted by Gasteiger charge is 2.24. The van der Waals surface area contributed by atoms with Gasteiger partial charge in [0.15, 0.2) is 0 Å². The van der Waals surface area contributed by atoms with E-state index in [0.29, 0.717) is 12.1 Å². The molecule has 0 saturated heterocycles. The second-order valence-electron chi connectivity index (χ2n) is 5.39. The molecule has 2 atom stereocenters. The summed E-state index contributed by atoms with van der Waals surface area (Å²) in [6.45, 7) is 8.76. The Labute approximate surface area is 101 Å². The molecular weight excluding hydrogens is 198 g/mol. The maximum absolute atomic E-state index is 6.04. The Bertz CT molecular complexity index is 168. The lowest BCUT2D eigenvalue weighted by Crippen LogP contribution is -2.43. The monoisotopic (exact) mass is 227 g/mol. The average molecular weight is 227 g/mol. The van der Waals surface area contributed by atoms with Crippen LogP contribution in [0.4, 0.5) is 0 Å². The lowest BCUT2D eigenvalue weighted by Gasteiger charge is -2.32. The highest BCUT2D eigenvalue weighted by atomic mass is 16.5. The van der Waals surface area contributed by atoms with Gasteiger partial charge in [0, 0.05) is 12.6 Å². The van der Waals surface area contributed by atoms with Gasteiger partial charge >= 0.3 is 0 Å². The van der Waals surface area contributed by atoms with Crippen LogP contribution in [0.25, 0.3) is 0 Å². The van der Waals surface area contributed by atoms with E-state index in [1.807, 2.05) is 0 Å². The summed E-state index contributed by atoms with van der Waals surface area (Å²) in [6, 6.07) is 0.609. The summed E-state index contributed by atoms with van der Waals surface area (Å²) in [5.41, 5.74) is 0. The van der Waals surface area contributed by atoms with Crippen molar-refractivity contribution in [2.24, 2.45) is 5.92 Å². The van der Waals surface area contributed by atoms with Crippen molar-refractivity contribution >= 4 is 0 Å². The fourth-order valence-corrected chi connectivity index (χ4v) is 2.52. The minimum atomic E-state index is 0.473. The zero-order chi connectivity index (χ0) is 11.8. The highest BCUT2D eigenvalue weighted by molar-refractivity contribution is 4.81. The van der Waals surface area contributed by atoms with E-state index < -0.39 is 0 Å². The van der Waals surface area contributed by atoms with Crippen LogP contribution in [0.1, 0.15) is 59.3 Å². The number of ether oxygens (including phenoxy) is 1. The first kappa shape index (κ1) is 14.0. The molecule has 0 aromatic rings. The van der Waals surface area contributed by atoms with Crippen molar-refractivity contribution in [2.75, 3.05) is 13.2 Å². The van der Waals surface area contributed by atoms with Gasteiger partial charge in [0.05, 0.1) is 6.10 Å². The molecule has 1 aliphatic carbocycles. The summed E-state index contributed by atoms with van der Waals surface area (Å²) < 4.78 is 6.04. The van der Waals surface area contributed by atoms with Gasteiger partial charge in [-0.25, -0.2) is 0 Å². The summed E-state index contributed by atoms with van der Waals surface area (Å²) in [5.74, 6) is 0.805. The van der Waals surface area contributed by atoms with Crippen LogP contribution in [-0.2, 0) is 4.74 Å². The number of hydrogen-bond acceptors (Lipinski definition) is 2. The standard InChI is InChI=1S/C14H29NO/c1-4-15-13-9-5-6-10-14(13)16-11-7-8-12(2)3/h12-15H,4-11H2,1-3H3. The molecule has 16 heavy (non-hydrogen) atoms. The van der Waals surface area contributed by atoms with Crippen LogP contribution >= 0.6 is 0 Å². The zero-order valence-corrected chi connectivity index (χ0v) is 11.3. The molecule has 96 valence electrons. The molecule has 2 heteroatoms. The fourth-order valence-electron chi connectivity index (χ4n) is 2.52. The third-order valence-electron chi connectivity index (χ3n) is 3.43. The Hall–Kier alpha value is -0.0800. The van der Waals surface area contributed by atoms with Gasteiger partial charge in [0.1, 0.15) is 0 Å². The van der Waals surface area contributed by atoms with Gasteiger partial charge in [-0.1, -0.05) is 33.6 Å². The zero-order valence-electron chi connectivity index (χ0n) is 11.3. The van der Waals surface area contributed by atoms with Crippen LogP contribution in [0, 0.1) is 5.92 Å². The lowest BCUT2D eigenvalue weighted by atomic mass is 9.92. The molecule has 2 unspecified atom stereocenters. The second-order valence-corrected chi connectivity index (χ2v) is 5.39. The summed E-state index contributed by atoms with van der Waals surface area (Å²) in [5, 5.41) is 3.56. The molecule has 0 aromatic heterocycles. The van der Waals surface area contributed by atoms with E-state index >= 15 is 0 Å². The van der Waals surface area contributed by atoms with Gasteiger partial charge in [0.2, 0.25) is 0 Å². The van der Waals surface area contributed by atoms with Crippen LogP contribution in [0.3, 0.4) is 0 Å². The molecule has 0 radical (unpaired) electrons. The molecule has 1 aliphatic rings. The smallest absolute Gasteiger partial charge is 0.0728 e. The maximum atomic E-state index is 6.04. The predicted octanol–water partition coefficient (Wildman–Crippen LogP) is 3.36. The summed E-state index contributed by atoms with van der Waals surface area (Å²) >= 11 is 0. The minimum Gasteiger partial charge on any atom is -0.377 e. The van der Waals surface area contributed by atoms with Crippen molar-refractivity contribution in [2.45, 2.75) is 71.4 Å². The quantitative estimate of drug-likeness (QED) is 0.673. The molecule has 0 heterocycles. The van der Waals surface area contributed by atoms with Gasteiger partial charge in [-0.05, 0) is 38.1 Å². The van der Waals surface area contributed by atoms with Crippen LogP contribution in [-0.4, -0.2) is 25.3 Å². The minimum absolute atomic E-state index is 0.473. The van der Waals surface area contributed by atoms with E-state index in [-0.39, 0.29) is 0 Å². The summed E-state index contributed by atoms with van der Waals surface area (Å²) in [4.78, 5) is 0. The Balaban J connectivity index is 2.16. The van der Waals surface area contributed by atoms with Crippen molar-refractivity contribution in [3.8, 4) is 0 Å². The summed E-state index contributed by atoms with van der Waals surface area (Å²) in [7, 11) is 0. The Morgan fingerprint density at radius 1 is 1.25 bits per heavy atom. The largest absolute Gasteiger partial charge is 0.377 e. The summed E-state index contributed by atoms with van der Waals surface area (Å²) in [6.07, 6.45) is 8.23. The molecule has 2 nitrogen and oxygen atoms in total. The first-order valence-corrected chi connectivity index (χ1v) is 7.09. The Kier molecular flexibility index (Phi) is 7.06. The highest BCUT2D eigenvalue weighted by Crippen LogP contribution is 2.21. The maximum Gasteiger partial charge on any atom is 0.0728 e. The van der Waals surface area contributed by atoms with Gasteiger partial charge in [-0.2, -0.15) is 0 Å². The number of hydrogen-bond donors (Lipinski definition) is 1. The Morgan fingerprint density at radius 3 is 2.69 bits per heavy atom. The SMILES string of the molecule is CCNC1CCCCC1OCCCC(C)C. The number of nitrogens with one attached hydrogen (secondary N) is 1. The van der Waals surface area contributed by atoms with Crippen molar-refractivity contribution in [3.05, 3.63) is 0 Å². The van der Waals surface area contributed by atoms with Gasteiger partial charge < -0.3 is 10.1 Å². The molecule has 0 bridgehead atoms. The van der Waals surface area contributed by atoms with Crippen molar-refractivity contribution in [3.63, 3.8) is 0 Å². The first-order chi connectivity index (χ1) is 7.74. The third kappa shape index (κ3) is 5.31. The molecule has 1 fully saturated rings. The van der Waals surface area contributed by atoms with E-state index in [1.165, 1.54) is 38.5 Å². The lowest BCUT2D eigenvalue weighted by molar-refractivity contribution is 0.00311. The van der Waals surface area contributed by atoms with Crippen LogP contribution < -0.4 is 5.32 Å². The molecule has 1 rings (SSSR count). The number of rotatable bonds is 7. The van der Waals surface area contributed by atoms with E-state index in [0.717, 1.165) is 19.1 Å². The van der Waals surface area contributed by atoms with Gasteiger partial charge in [-0.3, -0.25) is 0 Å². The van der Waals surface area contributed by atoms with Crippen molar-refractivity contribution < 1.29 is 4.74 Å². The molecule has 1 N–H and O–H groups in total. The number of likely N-dealkylation sites (N-methyl/N-ethyl adjacent to an activating group) is 1. The third-order valence-corrected chi connectivity index (χ3v) is 3.43. The normalized spacial score (nSPS) is 26.2. The van der Waals surface area contributed by atoms with Gasteiger partial charge in [-0.15, -0.1) is 0 Å². The average Bonchev–Trinajstić information content (AvgIpc) is 2.26. The molecule has 0 aromatic carbocycles. The fraction of sp³-hybridized carbons (Fsp3) is 1.00. The molecule has 0 aliphatic heterocycles. The molecule has 1 saturated carbocycles. The molecular formula is C14H29NO. The molecule has 0 amide bonds. The van der Waals surface area contributed by atoms with Crippen LogP contribution in [0.5, 0.6) is 0 Å². The van der Waals surface area contributed by atoms with Crippen molar-refractivity contribution in [1.82, 2.24) is 5.32 Å². The van der Waals surface area contributed by atoms with Crippen LogP contribution in [0.15, 0.2) is 0 Å². The second kappa shape index (κ2) is 8.08. The van der Waals surface area contributed by atoms with Crippen LogP contribution in [0.2, 0.25) is 0 Å². The van der Waals surface area contributed by atoms with Crippen molar-refractivity contribution in [1.29, 1.82) is 0 Å². The van der Waals surface area contributed by atoms with Gasteiger partial charge in [0.25, 0.3) is 0 Å². The predicted molar refractivity (Wildman–Crippen MR) is 69.7 cm³/mol. The van der Waals surface area contributed by atoms with E-state index in [2.05, 4.69) is 26.1 Å². The Morgan fingerprint density at radius 2 is 2.00 bits per heavy atom. The topological polar surface area (TPSA) is 21.3 Å². The van der Waals surface area contributed by atoms with E-state index in [4.69, 9.17) is 4.74 Å². The van der Waals surface area contributed by atoms with E-state index in [1.54, 1.807) is 0 Å². The molecule has 0 spiro atoms. The first-order valence-electron chi connectivity index (χ1n) is 7.09.